The molecule has 1 heterocycles. The lowest BCUT2D eigenvalue weighted by molar-refractivity contribution is -0.115. The Labute approximate surface area is 139 Å². The van der Waals surface area contributed by atoms with Crippen LogP contribution in [0.5, 0.6) is 5.75 Å². The van der Waals surface area contributed by atoms with Gasteiger partial charge in [0.15, 0.2) is 5.78 Å². The zero-order chi connectivity index (χ0) is 16.8. The minimum Gasteiger partial charge on any atom is -0.487 e. The van der Waals surface area contributed by atoms with Crippen LogP contribution in [0.15, 0.2) is 47.9 Å². The summed E-state index contributed by atoms with van der Waals surface area (Å²) in [6, 6.07) is 8.84. The second-order valence-corrected chi connectivity index (χ2v) is 6.35. The van der Waals surface area contributed by atoms with Crippen molar-refractivity contribution in [2.75, 3.05) is 11.9 Å². The minimum atomic E-state index is -0.145. The number of ether oxygens (including phenoxy) is 1. The highest BCUT2D eigenvalue weighted by Gasteiger charge is 2.12. The van der Waals surface area contributed by atoms with Crippen LogP contribution in [-0.4, -0.2) is 18.3 Å². The van der Waals surface area contributed by atoms with E-state index in [1.54, 1.807) is 18.2 Å². The normalized spacial score (nSPS) is 10.2. The molecular formula is C18H19NO3S. The van der Waals surface area contributed by atoms with Gasteiger partial charge in [-0.25, -0.2) is 0 Å². The fourth-order valence-electron chi connectivity index (χ4n) is 1.94. The SMILES string of the molecule is C=C(C)COc1ccc(C(C)=O)cc1NC(=O)Cc1cccs1. The summed E-state index contributed by atoms with van der Waals surface area (Å²) in [6.45, 7) is 7.49. The Hall–Kier alpha value is -2.40. The fourth-order valence-corrected chi connectivity index (χ4v) is 2.64. The van der Waals surface area contributed by atoms with Gasteiger partial charge in [-0.15, -0.1) is 11.3 Å². The summed E-state index contributed by atoms with van der Waals surface area (Å²) in [6.07, 6.45) is 0.294. The summed E-state index contributed by atoms with van der Waals surface area (Å²) in [5, 5.41) is 4.76. The summed E-state index contributed by atoms with van der Waals surface area (Å²) in [4.78, 5) is 24.7. The van der Waals surface area contributed by atoms with Gasteiger partial charge in [-0.3, -0.25) is 9.59 Å². The molecule has 0 bridgehead atoms. The van der Waals surface area contributed by atoms with Gasteiger partial charge in [-0.2, -0.15) is 0 Å². The van der Waals surface area contributed by atoms with Crippen molar-refractivity contribution in [3.8, 4) is 5.75 Å². The number of hydrogen-bond donors (Lipinski definition) is 1. The third-order valence-corrected chi connectivity index (χ3v) is 3.93. The fraction of sp³-hybridized carbons (Fsp3) is 0.222. The first-order valence-electron chi connectivity index (χ1n) is 7.20. The molecule has 4 nitrogen and oxygen atoms in total. The molecule has 2 rings (SSSR count). The summed E-state index contributed by atoms with van der Waals surface area (Å²) < 4.78 is 5.65. The van der Waals surface area contributed by atoms with Crippen LogP contribution < -0.4 is 10.1 Å². The Morgan fingerprint density at radius 1 is 1.26 bits per heavy atom. The Morgan fingerprint density at radius 3 is 2.65 bits per heavy atom. The van der Waals surface area contributed by atoms with E-state index in [1.165, 1.54) is 18.3 Å². The van der Waals surface area contributed by atoms with Gasteiger partial charge in [-0.05, 0) is 49.1 Å². The van der Waals surface area contributed by atoms with Crippen LogP contribution >= 0.6 is 11.3 Å². The van der Waals surface area contributed by atoms with Crippen LogP contribution in [0.3, 0.4) is 0 Å². The molecule has 0 aliphatic carbocycles. The van der Waals surface area contributed by atoms with Crippen LogP contribution in [0.1, 0.15) is 29.1 Å². The molecule has 0 spiro atoms. The van der Waals surface area contributed by atoms with E-state index in [0.29, 0.717) is 30.0 Å². The van der Waals surface area contributed by atoms with E-state index in [2.05, 4.69) is 11.9 Å². The summed E-state index contributed by atoms with van der Waals surface area (Å²) >= 11 is 1.53. The average molecular weight is 329 g/mol. The van der Waals surface area contributed by atoms with Crippen molar-refractivity contribution in [2.24, 2.45) is 0 Å². The van der Waals surface area contributed by atoms with E-state index in [-0.39, 0.29) is 11.7 Å². The molecule has 0 fully saturated rings. The van der Waals surface area contributed by atoms with E-state index in [0.717, 1.165) is 10.5 Å². The van der Waals surface area contributed by atoms with Crippen molar-refractivity contribution >= 4 is 28.7 Å². The smallest absolute Gasteiger partial charge is 0.229 e. The number of carbonyl (C=O) groups excluding carboxylic acids is 2. The van der Waals surface area contributed by atoms with E-state index < -0.39 is 0 Å². The lowest BCUT2D eigenvalue weighted by Gasteiger charge is -2.13. The second-order valence-electron chi connectivity index (χ2n) is 5.32. The zero-order valence-electron chi connectivity index (χ0n) is 13.2. The lowest BCUT2D eigenvalue weighted by Crippen LogP contribution is -2.15. The van der Waals surface area contributed by atoms with Crippen molar-refractivity contribution < 1.29 is 14.3 Å². The first kappa shape index (κ1) is 17.0. The molecule has 1 aromatic heterocycles. The number of rotatable bonds is 7. The molecule has 0 atom stereocenters. The molecule has 2 aromatic rings. The quantitative estimate of drug-likeness (QED) is 0.615. The monoisotopic (exact) mass is 329 g/mol. The summed E-state index contributed by atoms with van der Waals surface area (Å²) in [5.74, 6) is 0.316. The van der Waals surface area contributed by atoms with Crippen LogP contribution in [0.4, 0.5) is 5.69 Å². The minimum absolute atomic E-state index is 0.0646. The molecule has 0 unspecified atom stereocenters. The first-order valence-corrected chi connectivity index (χ1v) is 8.08. The van der Waals surface area contributed by atoms with Gasteiger partial charge in [0.25, 0.3) is 0 Å². The van der Waals surface area contributed by atoms with Gasteiger partial charge in [0.2, 0.25) is 5.91 Å². The summed E-state index contributed by atoms with van der Waals surface area (Å²) in [5.41, 5.74) is 1.90. The lowest BCUT2D eigenvalue weighted by atomic mass is 10.1. The third-order valence-electron chi connectivity index (χ3n) is 3.05. The highest BCUT2D eigenvalue weighted by atomic mass is 32.1. The van der Waals surface area contributed by atoms with Crippen molar-refractivity contribution in [1.29, 1.82) is 0 Å². The van der Waals surface area contributed by atoms with E-state index in [4.69, 9.17) is 4.74 Å². The molecule has 5 heteroatoms. The number of nitrogens with one attached hydrogen (secondary N) is 1. The largest absolute Gasteiger partial charge is 0.487 e. The molecule has 23 heavy (non-hydrogen) atoms. The van der Waals surface area contributed by atoms with Crippen molar-refractivity contribution in [3.05, 3.63) is 58.3 Å². The number of anilines is 1. The molecule has 0 aliphatic rings. The molecule has 0 saturated carbocycles. The molecule has 0 aliphatic heterocycles. The van der Waals surface area contributed by atoms with Crippen molar-refractivity contribution in [3.63, 3.8) is 0 Å². The molecule has 1 amide bonds. The highest BCUT2D eigenvalue weighted by molar-refractivity contribution is 7.10. The number of amides is 1. The predicted octanol–water partition coefficient (Wildman–Crippen LogP) is 4.09. The van der Waals surface area contributed by atoms with Gasteiger partial charge in [-0.1, -0.05) is 12.6 Å². The highest BCUT2D eigenvalue weighted by Crippen LogP contribution is 2.27. The number of hydrogen-bond acceptors (Lipinski definition) is 4. The molecule has 0 radical (unpaired) electrons. The molecular weight excluding hydrogens is 310 g/mol. The third kappa shape index (κ3) is 5.07. The van der Waals surface area contributed by atoms with Gasteiger partial charge in [0.1, 0.15) is 12.4 Å². The van der Waals surface area contributed by atoms with Gasteiger partial charge >= 0.3 is 0 Å². The zero-order valence-corrected chi connectivity index (χ0v) is 14.0. The second kappa shape index (κ2) is 7.74. The predicted molar refractivity (Wildman–Crippen MR) is 93.4 cm³/mol. The molecule has 1 N–H and O–H groups in total. The maximum atomic E-state index is 12.2. The van der Waals surface area contributed by atoms with Crippen molar-refractivity contribution in [2.45, 2.75) is 20.3 Å². The number of carbonyl (C=O) groups is 2. The molecule has 1 aromatic carbocycles. The van der Waals surface area contributed by atoms with Gasteiger partial charge in [0, 0.05) is 10.4 Å². The summed E-state index contributed by atoms with van der Waals surface area (Å²) in [7, 11) is 0. The van der Waals surface area contributed by atoms with E-state index >= 15 is 0 Å². The number of thiophene rings is 1. The number of Topliss-reactive ketones (excluding diaryl/α,β-unsaturated/α-hetero) is 1. The van der Waals surface area contributed by atoms with Crippen LogP contribution in [0, 0.1) is 0 Å². The van der Waals surface area contributed by atoms with E-state index in [1.807, 2.05) is 24.4 Å². The number of benzene rings is 1. The standard InChI is InChI=1S/C18H19NO3S/c1-12(2)11-22-17-7-6-14(13(3)20)9-16(17)19-18(21)10-15-5-4-8-23-15/h4-9H,1,10-11H2,2-3H3,(H,19,21). The first-order chi connectivity index (χ1) is 11.0. The molecule has 0 saturated heterocycles. The van der Waals surface area contributed by atoms with Gasteiger partial charge in [0.05, 0.1) is 12.1 Å². The van der Waals surface area contributed by atoms with Gasteiger partial charge < -0.3 is 10.1 Å². The Balaban J connectivity index is 2.18. The maximum absolute atomic E-state index is 12.2. The number of ketones is 1. The van der Waals surface area contributed by atoms with Crippen LogP contribution in [-0.2, 0) is 11.2 Å². The van der Waals surface area contributed by atoms with E-state index in [9.17, 15) is 9.59 Å². The Morgan fingerprint density at radius 2 is 2.04 bits per heavy atom. The average Bonchev–Trinajstić information content (AvgIpc) is 2.98. The van der Waals surface area contributed by atoms with Crippen LogP contribution in [0.2, 0.25) is 0 Å². The van der Waals surface area contributed by atoms with Crippen LogP contribution in [0.25, 0.3) is 0 Å². The Kier molecular flexibility index (Phi) is 5.71. The topological polar surface area (TPSA) is 55.4 Å². The maximum Gasteiger partial charge on any atom is 0.229 e. The molecule has 120 valence electrons. The van der Waals surface area contributed by atoms with Crippen molar-refractivity contribution in [1.82, 2.24) is 0 Å². The Bertz CT molecular complexity index is 720.